The first-order chi connectivity index (χ1) is 15.1. The van der Waals surface area contributed by atoms with E-state index in [0.717, 1.165) is 25.9 Å². The molecular formula is C21H34N6O4. The van der Waals surface area contributed by atoms with Crippen LogP contribution in [0.3, 0.4) is 0 Å². The van der Waals surface area contributed by atoms with E-state index in [2.05, 4.69) is 32.5 Å². The van der Waals surface area contributed by atoms with Crippen LogP contribution in [0.25, 0.3) is 11.2 Å². The summed E-state index contributed by atoms with van der Waals surface area (Å²) in [6.45, 7) is 3.34. The Morgan fingerprint density at radius 2 is 1.94 bits per heavy atom. The number of nitrogens with one attached hydrogen (secondary N) is 2. The highest BCUT2D eigenvalue weighted by Crippen LogP contribution is 2.33. The van der Waals surface area contributed by atoms with Crippen LogP contribution in [0.4, 0.5) is 11.8 Å². The van der Waals surface area contributed by atoms with E-state index in [9.17, 15) is 15.3 Å². The Hall–Kier alpha value is -2.01. The Morgan fingerprint density at radius 1 is 1.13 bits per heavy atom. The quantitative estimate of drug-likeness (QED) is 0.373. The summed E-state index contributed by atoms with van der Waals surface area (Å²) in [6.07, 6.45) is 5.78. The minimum atomic E-state index is -1.19. The molecule has 0 amide bonds. The Balaban J connectivity index is 1.62. The second-order valence-electron chi connectivity index (χ2n) is 8.61. The lowest BCUT2D eigenvalue weighted by Crippen LogP contribution is -2.33. The lowest BCUT2D eigenvalue weighted by atomic mass is 9.89. The normalized spacial score (nSPS) is 27.1. The van der Waals surface area contributed by atoms with Crippen molar-refractivity contribution < 1.29 is 20.1 Å². The number of rotatable bonds is 9. The van der Waals surface area contributed by atoms with Crippen molar-refractivity contribution in [3.05, 3.63) is 6.33 Å². The highest BCUT2D eigenvalue weighted by atomic mass is 16.6. The Labute approximate surface area is 182 Å². The van der Waals surface area contributed by atoms with Gasteiger partial charge in [0.25, 0.3) is 0 Å². The zero-order valence-corrected chi connectivity index (χ0v) is 18.1. The monoisotopic (exact) mass is 434 g/mol. The number of imidazole rings is 1. The smallest absolute Gasteiger partial charge is 0.226 e. The second kappa shape index (κ2) is 10.1. The molecule has 3 heterocycles. The number of fused-ring (bicyclic) bond motifs is 1. The predicted molar refractivity (Wildman–Crippen MR) is 117 cm³/mol. The molecular weight excluding hydrogens is 400 g/mol. The lowest BCUT2D eigenvalue weighted by Gasteiger charge is -2.22. The van der Waals surface area contributed by atoms with E-state index in [1.165, 1.54) is 38.4 Å². The molecule has 2 fully saturated rings. The third kappa shape index (κ3) is 4.77. The SMILES string of the molecule is CCCCNc1nc(NCC2CCCCC2)nc2c1ncn2[C@@H]1O[C@H](CO)[C@@H](O)[C@H]1O. The van der Waals surface area contributed by atoms with Gasteiger partial charge in [0.15, 0.2) is 23.2 Å². The Kier molecular flexibility index (Phi) is 7.21. The topological polar surface area (TPSA) is 138 Å². The van der Waals surface area contributed by atoms with Crippen LogP contribution in [0.2, 0.25) is 0 Å². The molecule has 0 unspecified atom stereocenters. The van der Waals surface area contributed by atoms with E-state index >= 15 is 0 Å². The van der Waals surface area contributed by atoms with Gasteiger partial charge in [-0.25, -0.2) is 4.98 Å². The number of hydrogen-bond acceptors (Lipinski definition) is 9. The van der Waals surface area contributed by atoms with Gasteiger partial charge in [0.05, 0.1) is 12.9 Å². The molecule has 10 heteroatoms. The molecule has 0 aromatic carbocycles. The van der Waals surface area contributed by atoms with Gasteiger partial charge in [-0.2, -0.15) is 9.97 Å². The zero-order chi connectivity index (χ0) is 21.8. The summed E-state index contributed by atoms with van der Waals surface area (Å²) < 4.78 is 7.30. The summed E-state index contributed by atoms with van der Waals surface area (Å²) in [4.78, 5) is 13.8. The van der Waals surface area contributed by atoms with E-state index in [1.807, 2.05) is 0 Å². The molecule has 172 valence electrons. The molecule has 5 N–H and O–H groups in total. The van der Waals surface area contributed by atoms with Crippen LogP contribution in [-0.4, -0.2) is 72.8 Å². The van der Waals surface area contributed by atoms with Crippen molar-refractivity contribution in [3.8, 4) is 0 Å². The molecule has 2 aromatic rings. The fourth-order valence-electron chi connectivity index (χ4n) is 4.43. The Bertz CT molecular complexity index is 856. The molecule has 4 rings (SSSR count). The molecule has 0 radical (unpaired) electrons. The van der Waals surface area contributed by atoms with Gasteiger partial charge in [0.2, 0.25) is 5.95 Å². The first-order valence-corrected chi connectivity index (χ1v) is 11.5. The van der Waals surface area contributed by atoms with Gasteiger partial charge in [-0.3, -0.25) is 4.57 Å². The highest BCUT2D eigenvalue weighted by Gasteiger charge is 2.44. The summed E-state index contributed by atoms with van der Waals surface area (Å²) in [5.74, 6) is 1.76. The van der Waals surface area contributed by atoms with E-state index in [1.54, 1.807) is 4.57 Å². The second-order valence-corrected chi connectivity index (χ2v) is 8.61. The van der Waals surface area contributed by atoms with Gasteiger partial charge >= 0.3 is 0 Å². The first-order valence-electron chi connectivity index (χ1n) is 11.5. The van der Waals surface area contributed by atoms with Gasteiger partial charge in [-0.05, 0) is 25.2 Å². The highest BCUT2D eigenvalue weighted by molar-refractivity contribution is 5.84. The van der Waals surface area contributed by atoms with Gasteiger partial charge < -0.3 is 30.7 Å². The van der Waals surface area contributed by atoms with Crippen LogP contribution in [0.15, 0.2) is 6.33 Å². The molecule has 4 atom stereocenters. The summed E-state index contributed by atoms with van der Waals surface area (Å²) in [7, 11) is 0. The van der Waals surface area contributed by atoms with Crippen LogP contribution in [0.5, 0.6) is 0 Å². The van der Waals surface area contributed by atoms with Crippen LogP contribution < -0.4 is 10.6 Å². The fraction of sp³-hybridized carbons (Fsp3) is 0.762. The standard InChI is InChI=1S/C21H34N6O4/c1-2-3-9-22-18-15-19(26-21(25-18)23-10-13-7-5-4-6-8-13)27(12-24-15)20-17(30)16(29)14(11-28)31-20/h12-14,16-17,20,28-30H,2-11H2,1H3,(H2,22,23,25,26)/t14-,16-,17-,20-/m1/s1. The van der Waals surface area contributed by atoms with Crippen molar-refractivity contribution in [1.29, 1.82) is 0 Å². The molecule has 1 saturated heterocycles. The van der Waals surface area contributed by atoms with Crippen molar-refractivity contribution in [1.82, 2.24) is 19.5 Å². The van der Waals surface area contributed by atoms with E-state index in [0.29, 0.717) is 28.8 Å². The van der Waals surface area contributed by atoms with Gasteiger partial charge in [-0.15, -0.1) is 0 Å². The van der Waals surface area contributed by atoms with Gasteiger partial charge in [0, 0.05) is 13.1 Å². The number of aliphatic hydroxyl groups excluding tert-OH is 3. The number of ether oxygens (including phenoxy) is 1. The van der Waals surface area contributed by atoms with Crippen molar-refractivity contribution in [2.45, 2.75) is 76.4 Å². The number of unbranched alkanes of at least 4 members (excludes halogenated alkanes) is 1. The molecule has 0 spiro atoms. The van der Waals surface area contributed by atoms with Gasteiger partial charge in [0.1, 0.15) is 18.3 Å². The molecule has 1 aliphatic heterocycles. The van der Waals surface area contributed by atoms with Crippen LogP contribution in [0, 0.1) is 5.92 Å². The van der Waals surface area contributed by atoms with Crippen molar-refractivity contribution in [3.63, 3.8) is 0 Å². The maximum Gasteiger partial charge on any atom is 0.226 e. The van der Waals surface area contributed by atoms with Crippen LogP contribution in [0.1, 0.15) is 58.1 Å². The number of anilines is 2. The summed E-state index contributed by atoms with van der Waals surface area (Å²) >= 11 is 0. The molecule has 0 bridgehead atoms. The lowest BCUT2D eigenvalue weighted by molar-refractivity contribution is -0.0511. The molecule has 31 heavy (non-hydrogen) atoms. The summed E-state index contributed by atoms with van der Waals surface area (Å²) in [5, 5.41) is 36.8. The minimum Gasteiger partial charge on any atom is -0.394 e. The van der Waals surface area contributed by atoms with E-state index in [4.69, 9.17) is 4.74 Å². The van der Waals surface area contributed by atoms with Crippen LogP contribution >= 0.6 is 0 Å². The number of aromatic nitrogens is 4. The third-order valence-electron chi connectivity index (χ3n) is 6.31. The third-order valence-corrected chi connectivity index (χ3v) is 6.31. The van der Waals surface area contributed by atoms with Crippen molar-refractivity contribution in [2.24, 2.45) is 5.92 Å². The molecule has 1 saturated carbocycles. The summed E-state index contributed by atoms with van der Waals surface area (Å²) in [6, 6.07) is 0. The Morgan fingerprint density at radius 3 is 2.65 bits per heavy atom. The van der Waals surface area contributed by atoms with Crippen molar-refractivity contribution >= 4 is 22.9 Å². The average molecular weight is 435 g/mol. The fourth-order valence-corrected chi connectivity index (χ4v) is 4.43. The largest absolute Gasteiger partial charge is 0.394 e. The number of aliphatic hydroxyl groups is 3. The predicted octanol–water partition coefficient (Wildman–Crippen LogP) is 1.64. The van der Waals surface area contributed by atoms with E-state index < -0.39 is 24.5 Å². The zero-order valence-electron chi connectivity index (χ0n) is 18.1. The van der Waals surface area contributed by atoms with E-state index in [-0.39, 0.29) is 6.61 Å². The van der Waals surface area contributed by atoms with Crippen LogP contribution in [-0.2, 0) is 4.74 Å². The van der Waals surface area contributed by atoms with Crippen molar-refractivity contribution in [2.75, 3.05) is 30.3 Å². The molecule has 2 aromatic heterocycles. The molecule has 1 aliphatic carbocycles. The molecule has 10 nitrogen and oxygen atoms in total. The number of hydrogen-bond donors (Lipinski definition) is 5. The minimum absolute atomic E-state index is 0.381. The number of nitrogens with zero attached hydrogens (tertiary/aromatic N) is 4. The van der Waals surface area contributed by atoms with Gasteiger partial charge in [-0.1, -0.05) is 32.6 Å². The first kappa shape index (κ1) is 22.2. The summed E-state index contributed by atoms with van der Waals surface area (Å²) in [5.41, 5.74) is 1.09. The average Bonchev–Trinajstić information content (AvgIpc) is 3.34. The maximum absolute atomic E-state index is 10.5. The molecule has 2 aliphatic rings. The maximum atomic E-state index is 10.5.